The number of thiophene rings is 1. The van der Waals surface area contributed by atoms with E-state index in [1.165, 1.54) is 15.6 Å². The van der Waals surface area contributed by atoms with E-state index >= 15 is 0 Å². The Kier molecular flexibility index (Phi) is 2.67. The van der Waals surface area contributed by atoms with Crippen molar-refractivity contribution in [3.8, 4) is 0 Å². The van der Waals surface area contributed by atoms with Gasteiger partial charge in [0.25, 0.3) is 0 Å². The van der Waals surface area contributed by atoms with Gasteiger partial charge in [-0.2, -0.15) is 0 Å². The van der Waals surface area contributed by atoms with Crippen LogP contribution in [0.5, 0.6) is 0 Å². The molecule has 1 aromatic carbocycles. The Hall–Kier alpha value is -0.380. The largest absolute Gasteiger partial charge is 0.396 e. The molecule has 13 heavy (non-hydrogen) atoms. The lowest BCUT2D eigenvalue weighted by Crippen LogP contribution is -1.87. The molecule has 0 unspecified atom stereocenters. The molecule has 0 aliphatic carbocycles. The van der Waals surface area contributed by atoms with Crippen LogP contribution in [-0.2, 0) is 6.42 Å². The van der Waals surface area contributed by atoms with E-state index in [0.29, 0.717) is 0 Å². The van der Waals surface area contributed by atoms with E-state index in [-0.39, 0.29) is 6.61 Å². The molecule has 0 atom stereocenters. The highest BCUT2D eigenvalue weighted by molar-refractivity contribution is 9.10. The van der Waals surface area contributed by atoms with Gasteiger partial charge in [0.1, 0.15) is 0 Å². The molecule has 3 heteroatoms. The summed E-state index contributed by atoms with van der Waals surface area (Å²) in [6.45, 7) is 0.224. The number of fused-ring (bicyclic) bond motifs is 1. The first kappa shape index (κ1) is 9.19. The predicted octanol–water partition coefficient (Wildman–Crippen LogP) is 3.20. The fourth-order valence-electron chi connectivity index (χ4n) is 1.37. The predicted molar refractivity (Wildman–Crippen MR) is 60.3 cm³/mol. The first-order valence-corrected chi connectivity index (χ1v) is 5.75. The second-order valence-corrected chi connectivity index (χ2v) is 4.70. The smallest absolute Gasteiger partial charge is 0.0471 e. The molecular formula is C10H9BrOS. The molecular weight excluding hydrogens is 248 g/mol. The van der Waals surface area contributed by atoms with Crippen molar-refractivity contribution in [2.24, 2.45) is 0 Å². The van der Waals surface area contributed by atoms with Crippen LogP contribution >= 0.6 is 27.3 Å². The summed E-state index contributed by atoms with van der Waals surface area (Å²) in [5.74, 6) is 0. The van der Waals surface area contributed by atoms with Gasteiger partial charge in [0, 0.05) is 15.8 Å². The highest BCUT2D eigenvalue weighted by Crippen LogP contribution is 2.28. The van der Waals surface area contributed by atoms with E-state index in [4.69, 9.17) is 5.11 Å². The Labute approximate surface area is 89.1 Å². The van der Waals surface area contributed by atoms with Crippen molar-refractivity contribution >= 4 is 37.4 Å². The second-order valence-electron chi connectivity index (χ2n) is 2.88. The molecule has 0 aliphatic heterocycles. The molecule has 1 heterocycles. The van der Waals surface area contributed by atoms with E-state index in [1.807, 2.05) is 6.07 Å². The summed E-state index contributed by atoms with van der Waals surface area (Å²) in [5, 5.41) is 12.2. The van der Waals surface area contributed by atoms with Crippen molar-refractivity contribution in [2.45, 2.75) is 6.42 Å². The topological polar surface area (TPSA) is 20.2 Å². The number of rotatable bonds is 2. The van der Waals surface area contributed by atoms with Crippen molar-refractivity contribution in [2.75, 3.05) is 6.61 Å². The summed E-state index contributed by atoms with van der Waals surface area (Å²) < 4.78 is 2.38. The van der Waals surface area contributed by atoms with Crippen LogP contribution in [0.25, 0.3) is 10.1 Å². The van der Waals surface area contributed by atoms with Gasteiger partial charge >= 0.3 is 0 Å². The van der Waals surface area contributed by atoms with Crippen LogP contribution in [-0.4, -0.2) is 11.7 Å². The highest BCUT2D eigenvalue weighted by Gasteiger charge is 2.02. The van der Waals surface area contributed by atoms with E-state index in [1.54, 1.807) is 11.3 Å². The van der Waals surface area contributed by atoms with Gasteiger partial charge in [-0.05, 0) is 34.9 Å². The summed E-state index contributed by atoms with van der Waals surface area (Å²) in [5.41, 5.74) is 1.25. The molecule has 0 aliphatic rings. The molecule has 0 radical (unpaired) electrons. The zero-order valence-corrected chi connectivity index (χ0v) is 9.36. The quantitative estimate of drug-likeness (QED) is 0.875. The van der Waals surface area contributed by atoms with Gasteiger partial charge in [-0.1, -0.05) is 22.0 Å². The molecule has 0 bridgehead atoms. The van der Waals surface area contributed by atoms with Crippen LogP contribution in [0.4, 0.5) is 0 Å². The van der Waals surface area contributed by atoms with Crippen LogP contribution in [0.15, 0.2) is 28.1 Å². The Morgan fingerprint density at radius 3 is 3.00 bits per heavy atom. The minimum absolute atomic E-state index is 0.224. The first-order valence-electron chi connectivity index (χ1n) is 4.08. The van der Waals surface area contributed by atoms with Crippen molar-refractivity contribution in [1.82, 2.24) is 0 Å². The zero-order chi connectivity index (χ0) is 9.26. The fraction of sp³-hybridized carbons (Fsp3) is 0.200. The standard InChI is InChI=1S/C10H9BrOS/c11-8-1-2-9-7(3-4-12)6-13-10(9)5-8/h1-2,5-6,12H,3-4H2. The number of hydrogen-bond acceptors (Lipinski definition) is 2. The Bertz CT molecular complexity index is 422. The van der Waals surface area contributed by atoms with Gasteiger partial charge in [-0.25, -0.2) is 0 Å². The molecule has 0 saturated heterocycles. The van der Waals surface area contributed by atoms with E-state index in [0.717, 1.165) is 10.9 Å². The van der Waals surface area contributed by atoms with Gasteiger partial charge in [0.05, 0.1) is 0 Å². The molecule has 1 nitrogen and oxygen atoms in total. The average Bonchev–Trinajstić information content (AvgIpc) is 2.49. The van der Waals surface area contributed by atoms with E-state index in [9.17, 15) is 0 Å². The first-order chi connectivity index (χ1) is 6.31. The van der Waals surface area contributed by atoms with Crippen LogP contribution in [0.3, 0.4) is 0 Å². The van der Waals surface area contributed by atoms with Crippen LogP contribution < -0.4 is 0 Å². The maximum atomic E-state index is 8.85. The third-order valence-electron chi connectivity index (χ3n) is 2.00. The maximum absolute atomic E-state index is 8.85. The molecule has 0 saturated carbocycles. The number of aliphatic hydroxyl groups is 1. The molecule has 0 fully saturated rings. The Morgan fingerprint density at radius 1 is 1.38 bits per heavy atom. The summed E-state index contributed by atoms with van der Waals surface area (Å²) in [7, 11) is 0. The van der Waals surface area contributed by atoms with E-state index < -0.39 is 0 Å². The lowest BCUT2D eigenvalue weighted by atomic mass is 10.1. The van der Waals surface area contributed by atoms with Gasteiger partial charge in [-0.15, -0.1) is 11.3 Å². The minimum atomic E-state index is 0.224. The van der Waals surface area contributed by atoms with Crippen molar-refractivity contribution < 1.29 is 5.11 Å². The minimum Gasteiger partial charge on any atom is -0.396 e. The number of aliphatic hydroxyl groups excluding tert-OH is 1. The normalized spacial score (nSPS) is 10.9. The second kappa shape index (κ2) is 3.78. The highest BCUT2D eigenvalue weighted by atomic mass is 79.9. The van der Waals surface area contributed by atoms with Crippen LogP contribution in [0.1, 0.15) is 5.56 Å². The summed E-state index contributed by atoms with van der Waals surface area (Å²) in [6, 6.07) is 6.25. The van der Waals surface area contributed by atoms with E-state index in [2.05, 4.69) is 33.4 Å². The Balaban J connectivity index is 2.55. The van der Waals surface area contributed by atoms with Crippen molar-refractivity contribution in [1.29, 1.82) is 0 Å². The molecule has 0 amide bonds. The molecule has 68 valence electrons. The molecule has 1 N–H and O–H groups in total. The average molecular weight is 257 g/mol. The summed E-state index contributed by atoms with van der Waals surface area (Å²) >= 11 is 5.16. The number of benzene rings is 1. The number of halogens is 1. The van der Waals surface area contributed by atoms with Gasteiger partial charge in [0.2, 0.25) is 0 Å². The molecule has 2 rings (SSSR count). The van der Waals surface area contributed by atoms with Crippen molar-refractivity contribution in [3.63, 3.8) is 0 Å². The van der Waals surface area contributed by atoms with Gasteiger partial charge < -0.3 is 5.11 Å². The molecule has 0 spiro atoms. The third-order valence-corrected chi connectivity index (χ3v) is 3.49. The fourth-order valence-corrected chi connectivity index (χ4v) is 2.92. The van der Waals surface area contributed by atoms with Gasteiger partial charge in [-0.3, -0.25) is 0 Å². The third kappa shape index (κ3) is 1.77. The monoisotopic (exact) mass is 256 g/mol. The lowest BCUT2D eigenvalue weighted by molar-refractivity contribution is 0.300. The summed E-state index contributed by atoms with van der Waals surface area (Å²) in [6.07, 6.45) is 0.752. The summed E-state index contributed by atoms with van der Waals surface area (Å²) in [4.78, 5) is 0. The SMILES string of the molecule is OCCc1csc2cc(Br)ccc12. The molecule has 1 aromatic heterocycles. The van der Waals surface area contributed by atoms with Crippen molar-refractivity contribution in [3.05, 3.63) is 33.6 Å². The Morgan fingerprint density at radius 2 is 2.23 bits per heavy atom. The van der Waals surface area contributed by atoms with Gasteiger partial charge in [0.15, 0.2) is 0 Å². The maximum Gasteiger partial charge on any atom is 0.0471 e. The molecule has 2 aromatic rings. The number of hydrogen-bond donors (Lipinski definition) is 1. The lowest BCUT2D eigenvalue weighted by Gasteiger charge is -1.95. The zero-order valence-electron chi connectivity index (χ0n) is 6.96. The van der Waals surface area contributed by atoms with Crippen LogP contribution in [0.2, 0.25) is 0 Å². The van der Waals surface area contributed by atoms with Crippen LogP contribution in [0, 0.1) is 0 Å².